The van der Waals surface area contributed by atoms with Gasteiger partial charge in [-0.15, -0.1) is 0 Å². The fourth-order valence-electron chi connectivity index (χ4n) is 3.54. The van der Waals surface area contributed by atoms with Crippen molar-refractivity contribution in [3.63, 3.8) is 0 Å². The number of nitrogens with zero attached hydrogens (tertiary/aromatic N) is 1. The SMILES string of the molecule is Cc1cccc(NC(=O)NC(=O)CN(C)C2CCc3ccccc32)c1C. The van der Waals surface area contributed by atoms with Crippen LogP contribution in [-0.4, -0.2) is 30.4 Å². The minimum Gasteiger partial charge on any atom is -0.307 e. The monoisotopic (exact) mass is 351 g/mol. The van der Waals surface area contributed by atoms with Crippen molar-refractivity contribution >= 4 is 17.6 Å². The summed E-state index contributed by atoms with van der Waals surface area (Å²) < 4.78 is 0. The number of rotatable bonds is 4. The van der Waals surface area contributed by atoms with E-state index in [0.717, 1.165) is 24.0 Å². The van der Waals surface area contributed by atoms with E-state index in [4.69, 9.17) is 0 Å². The lowest BCUT2D eigenvalue weighted by atomic mass is 10.1. The third-order valence-electron chi connectivity index (χ3n) is 5.13. The number of likely N-dealkylation sites (N-methyl/N-ethyl adjacent to an activating group) is 1. The lowest BCUT2D eigenvalue weighted by Gasteiger charge is -2.24. The number of aryl methyl sites for hydroxylation is 2. The van der Waals surface area contributed by atoms with Crippen molar-refractivity contribution < 1.29 is 9.59 Å². The van der Waals surface area contributed by atoms with Gasteiger partial charge in [0.2, 0.25) is 5.91 Å². The average molecular weight is 351 g/mol. The standard InChI is InChI=1S/C21H25N3O2/c1-14-7-6-10-18(15(14)2)22-21(26)23-20(25)13-24(3)19-12-11-16-8-4-5-9-17(16)19/h4-10,19H,11-13H2,1-3H3,(H2,22,23,25,26). The van der Waals surface area contributed by atoms with Gasteiger partial charge in [0.15, 0.2) is 0 Å². The number of hydrogen-bond donors (Lipinski definition) is 2. The number of urea groups is 1. The molecule has 1 aliphatic rings. The minimum atomic E-state index is -0.496. The van der Waals surface area contributed by atoms with E-state index in [9.17, 15) is 9.59 Å². The molecular formula is C21H25N3O2. The molecule has 3 amide bonds. The maximum atomic E-state index is 12.3. The second-order valence-electron chi connectivity index (χ2n) is 6.92. The van der Waals surface area contributed by atoms with Gasteiger partial charge in [0.05, 0.1) is 6.54 Å². The zero-order chi connectivity index (χ0) is 18.7. The van der Waals surface area contributed by atoms with E-state index < -0.39 is 6.03 Å². The molecule has 0 heterocycles. The van der Waals surface area contributed by atoms with E-state index in [-0.39, 0.29) is 18.5 Å². The molecule has 0 spiro atoms. The van der Waals surface area contributed by atoms with Gasteiger partial charge in [-0.3, -0.25) is 15.0 Å². The Labute approximate surface area is 154 Å². The van der Waals surface area contributed by atoms with Crippen molar-refractivity contribution in [1.82, 2.24) is 10.2 Å². The van der Waals surface area contributed by atoms with Crippen molar-refractivity contribution in [3.05, 3.63) is 64.7 Å². The number of benzene rings is 2. The maximum absolute atomic E-state index is 12.3. The van der Waals surface area contributed by atoms with E-state index in [1.54, 1.807) is 0 Å². The Balaban J connectivity index is 1.55. The van der Waals surface area contributed by atoms with Crippen LogP contribution in [0.15, 0.2) is 42.5 Å². The van der Waals surface area contributed by atoms with Crippen LogP contribution in [0.3, 0.4) is 0 Å². The Morgan fingerprint density at radius 3 is 2.69 bits per heavy atom. The Kier molecular flexibility index (Phi) is 5.38. The van der Waals surface area contributed by atoms with Crippen LogP contribution in [0.2, 0.25) is 0 Å². The predicted octanol–water partition coefficient (Wildman–Crippen LogP) is 3.57. The van der Waals surface area contributed by atoms with Crippen LogP contribution in [0.1, 0.15) is 34.7 Å². The number of anilines is 1. The molecule has 0 saturated heterocycles. The molecule has 2 aromatic carbocycles. The molecule has 2 N–H and O–H groups in total. The van der Waals surface area contributed by atoms with Gasteiger partial charge in [0.25, 0.3) is 0 Å². The normalized spacial score (nSPS) is 15.6. The largest absolute Gasteiger partial charge is 0.325 e. The molecule has 1 unspecified atom stereocenters. The lowest BCUT2D eigenvalue weighted by molar-refractivity contribution is -0.121. The van der Waals surface area contributed by atoms with Crippen LogP contribution in [0.4, 0.5) is 10.5 Å². The molecule has 3 rings (SSSR count). The molecule has 0 aliphatic heterocycles. The number of fused-ring (bicyclic) bond motifs is 1. The molecular weight excluding hydrogens is 326 g/mol. The summed E-state index contributed by atoms with van der Waals surface area (Å²) in [6, 6.07) is 13.8. The van der Waals surface area contributed by atoms with Crippen LogP contribution >= 0.6 is 0 Å². The van der Waals surface area contributed by atoms with Crippen molar-refractivity contribution in [2.45, 2.75) is 32.7 Å². The molecule has 2 aromatic rings. The van der Waals surface area contributed by atoms with Gasteiger partial charge in [0, 0.05) is 11.7 Å². The molecule has 0 saturated carbocycles. The lowest BCUT2D eigenvalue weighted by Crippen LogP contribution is -2.41. The summed E-state index contributed by atoms with van der Waals surface area (Å²) >= 11 is 0. The number of nitrogens with one attached hydrogen (secondary N) is 2. The highest BCUT2D eigenvalue weighted by molar-refractivity contribution is 6.02. The highest BCUT2D eigenvalue weighted by Crippen LogP contribution is 2.34. The summed E-state index contributed by atoms with van der Waals surface area (Å²) in [5.41, 5.74) is 5.43. The van der Waals surface area contributed by atoms with Gasteiger partial charge in [-0.25, -0.2) is 4.79 Å². The van der Waals surface area contributed by atoms with Crippen LogP contribution in [-0.2, 0) is 11.2 Å². The highest BCUT2D eigenvalue weighted by atomic mass is 16.2. The number of hydrogen-bond acceptors (Lipinski definition) is 3. The average Bonchev–Trinajstić information content (AvgIpc) is 3.03. The predicted molar refractivity (Wildman–Crippen MR) is 103 cm³/mol. The third-order valence-corrected chi connectivity index (χ3v) is 5.13. The van der Waals surface area contributed by atoms with Crippen LogP contribution in [0.5, 0.6) is 0 Å². The van der Waals surface area contributed by atoms with Crippen molar-refractivity contribution in [2.75, 3.05) is 18.9 Å². The third kappa shape index (κ3) is 3.94. The van der Waals surface area contributed by atoms with Crippen LogP contribution in [0, 0.1) is 13.8 Å². The first-order valence-electron chi connectivity index (χ1n) is 8.91. The molecule has 5 nitrogen and oxygen atoms in total. The maximum Gasteiger partial charge on any atom is 0.325 e. The van der Waals surface area contributed by atoms with Crippen LogP contribution in [0.25, 0.3) is 0 Å². The first-order valence-corrected chi connectivity index (χ1v) is 8.91. The number of carbonyl (C=O) groups excluding carboxylic acids is 2. The molecule has 1 aliphatic carbocycles. The molecule has 136 valence electrons. The Hall–Kier alpha value is -2.66. The van der Waals surface area contributed by atoms with Crippen molar-refractivity contribution in [2.24, 2.45) is 0 Å². The highest BCUT2D eigenvalue weighted by Gasteiger charge is 2.26. The fraction of sp³-hybridized carbons (Fsp3) is 0.333. The van der Waals surface area contributed by atoms with Gasteiger partial charge in [-0.05, 0) is 62.1 Å². The Morgan fingerprint density at radius 2 is 1.88 bits per heavy atom. The first-order chi connectivity index (χ1) is 12.5. The number of carbonyl (C=O) groups is 2. The van der Waals surface area contributed by atoms with Gasteiger partial charge in [0.1, 0.15) is 0 Å². The molecule has 0 fully saturated rings. The second-order valence-corrected chi connectivity index (χ2v) is 6.92. The van der Waals surface area contributed by atoms with Crippen molar-refractivity contribution in [3.8, 4) is 0 Å². The quantitative estimate of drug-likeness (QED) is 0.885. The van der Waals surface area contributed by atoms with Gasteiger partial charge in [-0.2, -0.15) is 0 Å². The summed E-state index contributed by atoms with van der Waals surface area (Å²) in [7, 11) is 1.93. The topological polar surface area (TPSA) is 61.4 Å². The molecule has 0 radical (unpaired) electrons. The van der Waals surface area contributed by atoms with E-state index in [2.05, 4.69) is 22.8 Å². The number of amides is 3. The van der Waals surface area contributed by atoms with E-state index in [1.807, 2.05) is 56.1 Å². The summed E-state index contributed by atoms with van der Waals surface area (Å²) in [6.45, 7) is 4.11. The summed E-state index contributed by atoms with van der Waals surface area (Å²) in [5, 5.41) is 5.17. The molecule has 0 aromatic heterocycles. The van der Waals surface area contributed by atoms with Crippen LogP contribution < -0.4 is 10.6 Å². The van der Waals surface area contributed by atoms with Crippen molar-refractivity contribution in [1.29, 1.82) is 0 Å². The summed E-state index contributed by atoms with van der Waals surface area (Å²) in [5.74, 6) is -0.306. The first kappa shape index (κ1) is 18.1. The fourth-order valence-corrected chi connectivity index (χ4v) is 3.54. The Bertz CT molecular complexity index is 832. The van der Waals surface area contributed by atoms with Gasteiger partial charge in [-0.1, -0.05) is 36.4 Å². The summed E-state index contributed by atoms with van der Waals surface area (Å²) in [6.07, 6.45) is 2.03. The second kappa shape index (κ2) is 7.70. The van der Waals surface area contributed by atoms with E-state index in [1.165, 1.54) is 11.1 Å². The van der Waals surface area contributed by atoms with E-state index >= 15 is 0 Å². The molecule has 26 heavy (non-hydrogen) atoms. The van der Waals surface area contributed by atoms with E-state index in [0.29, 0.717) is 5.69 Å². The molecule has 0 bridgehead atoms. The van der Waals surface area contributed by atoms with Gasteiger partial charge >= 0.3 is 6.03 Å². The zero-order valence-electron chi connectivity index (χ0n) is 15.5. The Morgan fingerprint density at radius 1 is 1.12 bits per heavy atom. The number of imide groups is 1. The van der Waals surface area contributed by atoms with Gasteiger partial charge < -0.3 is 5.32 Å². The zero-order valence-corrected chi connectivity index (χ0v) is 15.5. The minimum absolute atomic E-state index is 0.180. The molecule has 5 heteroatoms. The molecule has 1 atom stereocenters. The smallest absolute Gasteiger partial charge is 0.307 e. The summed E-state index contributed by atoms with van der Waals surface area (Å²) in [4.78, 5) is 26.4.